The Kier molecular flexibility index (Phi) is 43.6. The lowest BCUT2D eigenvalue weighted by Crippen LogP contribution is -2.12. The molecule has 33 heavy (non-hydrogen) atoms. The average molecular weight is 483 g/mol. The smallest absolute Gasteiger partial charge is 0.240 e. The second-order valence-corrected chi connectivity index (χ2v) is 5.51. The number of hydrogen-bond acceptors (Lipinski definition) is 9. The minimum absolute atomic E-state index is 0.0370. The summed E-state index contributed by atoms with van der Waals surface area (Å²) in [6.07, 6.45) is 2.07. The van der Waals surface area contributed by atoms with Crippen molar-refractivity contribution in [3.05, 3.63) is 25.3 Å². The highest BCUT2D eigenvalue weighted by molar-refractivity contribution is 5.85. The van der Waals surface area contributed by atoms with E-state index in [2.05, 4.69) is 24.6 Å². The summed E-state index contributed by atoms with van der Waals surface area (Å²) in [6, 6.07) is 0. The van der Waals surface area contributed by atoms with Gasteiger partial charge in [-0.2, -0.15) is 0 Å². The molecule has 0 aliphatic carbocycles. The Morgan fingerprint density at radius 1 is 0.697 bits per heavy atom. The van der Waals surface area contributed by atoms with Gasteiger partial charge in [0.15, 0.2) is 6.29 Å². The zero-order valence-corrected chi connectivity index (χ0v) is 21.0. The highest BCUT2D eigenvalue weighted by Gasteiger charge is 1.95. The van der Waals surface area contributed by atoms with Crippen molar-refractivity contribution in [2.45, 2.75) is 27.1 Å². The Labute approximate surface area is 199 Å². The van der Waals surface area contributed by atoms with Crippen LogP contribution in [0.4, 0.5) is 0 Å². The van der Waals surface area contributed by atoms with E-state index >= 15 is 0 Å². The molecule has 11 heteroatoms. The van der Waals surface area contributed by atoms with Crippen molar-refractivity contribution in [3.63, 3.8) is 0 Å². The monoisotopic (exact) mass is 482 g/mol. The first kappa shape index (κ1) is 38.4. The van der Waals surface area contributed by atoms with Gasteiger partial charge in [-0.3, -0.25) is 9.59 Å². The van der Waals surface area contributed by atoms with Crippen LogP contribution in [0.2, 0.25) is 0 Å². The van der Waals surface area contributed by atoms with E-state index in [4.69, 9.17) is 33.2 Å². The van der Waals surface area contributed by atoms with E-state index in [9.17, 15) is 9.59 Å². The Balaban J connectivity index is -0.000000195. The lowest BCUT2D eigenvalue weighted by Gasteiger charge is -2.09. The van der Waals surface area contributed by atoms with Crippen molar-refractivity contribution in [2.24, 2.45) is 11.5 Å². The van der Waals surface area contributed by atoms with Crippen LogP contribution in [0.25, 0.3) is 0 Å². The van der Waals surface area contributed by atoms with E-state index in [-0.39, 0.29) is 6.29 Å². The Hall–Kier alpha value is -1.86. The molecule has 0 saturated heterocycles. The lowest BCUT2D eigenvalue weighted by atomic mass is 10.6. The van der Waals surface area contributed by atoms with Gasteiger partial charge in [0, 0.05) is 27.4 Å². The van der Waals surface area contributed by atoms with Crippen LogP contribution in [0.1, 0.15) is 20.8 Å². The minimum Gasteiger partial charge on any atom is -0.382 e. The van der Waals surface area contributed by atoms with Gasteiger partial charge in [0.1, 0.15) is 0 Å². The van der Waals surface area contributed by atoms with Crippen molar-refractivity contribution in [1.82, 2.24) is 0 Å². The number of nitrogens with two attached hydrogens (primary N) is 2. The zero-order valence-electron chi connectivity index (χ0n) is 21.0. The highest BCUT2D eigenvalue weighted by Crippen LogP contribution is 1.90. The van der Waals surface area contributed by atoms with Gasteiger partial charge in [-0.25, -0.2) is 0 Å². The fourth-order valence-corrected chi connectivity index (χ4v) is 1.34. The maximum absolute atomic E-state index is 9.47. The Morgan fingerprint density at radius 2 is 0.939 bits per heavy atom. The summed E-state index contributed by atoms with van der Waals surface area (Å²) in [4.78, 5) is 18.9. The first-order valence-corrected chi connectivity index (χ1v) is 10.5. The first-order valence-electron chi connectivity index (χ1n) is 10.5. The Morgan fingerprint density at radius 3 is 1.12 bits per heavy atom. The number of primary amides is 2. The third-order valence-corrected chi connectivity index (χ3v) is 2.81. The van der Waals surface area contributed by atoms with E-state index in [0.717, 1.165) is 25.4 Å². The maximum atomic E-state index is 9.47. The third-order valence-electron chi connectivity index (χ3n) is 2.81. The molecule has 2 amide bonds. The summed E-state index contributed by atoms with van der Waals surface area (Å²) in [5.74, 6) is -0.963. The van der Waals surface area contributed by atoms with Gasteiger partial charge in [0.25, 0.3) is 0 Å². The van der Waals surface area contributed by atoms with Gasteiger partial charge in [-0.15, -0.1) is 0 Å². The first-order chi connectivity index (χ1) is 15.8. The molecule has 0 heterocycles. The predicted molar refractivity (Wildman–Crippen MR) is 128 cm³/mol. The molecule has 0 fully saturated rings. The van der Waals surface area contributed by atoms with Gasteiger partial charge in [0.2, 0.25) is 11.8 Å². The number of methoxy groups -OCH3 is 2. The summed E-state index contributed by atoms with van der Waals surface area (Å²) in [5.41, 5.74) is 9.07. The van der Waals surface area contributed by atoms with Crippen LogP contribution in [-0.2, 0) is 42.7 Å². The number of amides is 2. The molecule has 0 radical (unpaired) electrons. The highest BCUT2D eigenvalue weighted by atomic mass is 16.7. The number of carbonyl (C=O) groups excluding carboxylic acids is 2. The van der Waals surface area contributed by atoms with Crippen LogP contribution in [0.15, 0.2) is 25.3 Å². The minimum atomic E-state index is -0.481. The van der Waals surface area contributed by atoms with E-state index in [1.54, 1.807) is 14.2 Å². The fourth-order valence-electron chi connectivity index (χ4n) is 1.34. The summed E-state index contributed by atoms with van der Waals surface area (Å²) in [7, 11) is 3.30. The molecule has 0 aliphatic rings. The van der Waals surface area contributed by atoms with Gasteiger partial charge >= 0.3 is 0 Å². The zero-order chi connectivity index (χ0) is 26.2. The van der Waals surface area contributed by atoms with Crippen LogP contribution in [0, 0.1) is 0 Å². The Bertz CT molecular complexity index is 389. The normalized spacial score (nSPS) is 9.39. The molecule has 0 spiro atoms. The van der Waals surface area contributed by atoms with Gasteiger partial charge in [-0.05, 0) is 32.9 Å². The lowest BCUT2D eigenvalue weighted by molar-refractivity contribution is -0.123. The fraction of sp³-hybridized carbons (Fsp3) is 0.727. The quantitative estimate of drug-likeness (QED) is 0.166. The van der Waals surface area contributed by atoms with Gasteiger partial charge < -0.3 is 44.6 Å². The second kappa shape index (κ2) is 37.5. The molecule has 0 atom stereocenters. The molecular formula is C22H46N2O9. The number of carbonyl (C=O) groups is 2. The molecule has 11 nitrogen and oxygen atoms in total. The summed E-state index contributed by atoms with van der Waals surface area (Å²) >= 11 is 0. The second-order valence-electron chi connectivity index (χ2n) is 5.51. The summed E-state index contributed by atoms with van der Waals surface area (Å²) in [5, 5.41) is 0. The molecule has 0 aromatic heterocycles. The van der Waals surface area contributed by atoms with Crippen molar-refractivity contribution >= 4 is 11.8 Å². The van der Waals surface area contributed by atoms with E-state index < -0.39 is 11.8 Å². The van der Waals surface area contributed by atoms with Crippen LogP contribution in [0.5, 0.6) is 0 Å². The number of hydrogen-bond donors (Lipinski definition) is 2. The van der Waals surface area contributed by atoms with Gasteiger partial charge in [0.05, 0.1) is 52.9 Å². The SMILES string of the molecule is C=CC(N)=O.C=CC(N)=O.CCOC(C)OCC.COCCOCCOCCOCCOC. The molecule has 0 bridgehead atoms. The largest absolute Gasteiger partial charge is 0.382 e. The molecule has 0 aliphatic heterocycles. The molecule has 0 saturated carbocycles. The number of ether oxygens (including phenoxy) is 7. The summed E-state index contributed by atoms with van der Waals surface area (Å²) < 4.78 is 35.5. The molecule has 0 rings (SSSR count). The van der Waals surface area contributed by atoms with E-state index in [1.165, 1.54) is 0 Å². The van der Waals surface area contributed by atoms with Crippen molar-refractivity contribution in [2.75, 3.05) is 80.3 Å². The predicted octanol–water partition coefficient (Wildman–Crippen LogP) is 1.05. The molecular weight excluding hydrogens is 436 g/mol. The number of rotatable bonds is 18. The molecule has 4 N–H and O–H groups in total. The van der Waals surface area contributed by atoms with Gasteiger partial charge in [-0.1, -0.05) is 13.2 Å². The summed E-state index contributed by atoms with van der Waals surface area (Å²) in [6.45, 7) is 18.3. The average Bonchev–Trinajstić information content (AvgIpc) is 2.79. The van der Waals surface area contributed by atoms with Crippen LogP contribution in [-0.4, -0.2) is 98.4 Å². The molecule has 0 aromatic rings. The standard InChI is InChI=1S/C10H22O5.C6H14O2.2C3H5NO/c1-11-3-5-13-7-9-15-10-8-14-6-4-12-2;1-4-7-6(3)8-5-2;2*1-2-3(4)5/h3-10H2,1-2H3;6H,4-5H2,1-3H3;2*2H,1H2,(H2,4,5). The van der Waals surface area contributed by atoms with Crippen molar-refractivity contribution < 1.29 is 42.7 Å². The molecule has 0 aromatic carbocycles. The van der Waals surface area contributed by atoms with E-state index in [1.807, 2.05) is 20.8 Å². The van der Waals surface area contributed by atoms with Crippen molar-refractivity contribution in [3.8, 4) is 0 Å². The molecule has 198 valence electrons. The van der Waals surface area contributed by atoms with Crippen LogP contribution >= 0.6 is 0 Å². The third kappa shape index (κ3) is 58.8. The maximum Gasteiger partial charge on any atom is 0.240 e. The molecule has 0 unspecified atom stereocenters. The van der Waals surface area contributed by atoms with Crippen LogP contribution < -0.4 is 11.5 Å². The van der Waals surface area contributed by atoms with Crippen molar-refractivity contribution in [1.29, 1.82) is 0 Å². The topological polar surface area (TPSA) is 151 Å². The van der Waals surface area contributed by atoms with E-state index in [0.29, 0.717) is 52.9 Å². The van der Waals surface area contributed by atoms with Crippen LogP contribution in [0.3, 0.4) is 0 Å².